The Morgan fingerprint density at radius 3 is 2.55 bits per heavy atom. The molecule has 0 saturated carbocycles. The van der Waals surface area contributed by atoms with E-state index in [1.54, 1.807) is 24.4 Å². The van der Waals surface area contributed by atoms with Gasteiger partial charge < -0.3 is 10.8 Å². The smallest absolute Gasteiger partial charge is 0.249 e. The molecule has 4 nitrogen and oxygen atoms in total. The van der Waals surface area contributed by atoms with Gasteiger partial charge in [0.25, 0.3) is 0 Å². The summed E-state index contributed by atoms with van der Waals surface area (Å²) in [6.45, 7) is 0. The molecule has 0 aliphatic carbocycles. The van der Waals surface area contributed by atoms with Gasteiger partial charge in [0, 0.05) is 17.2 Å². The molecule has 1 aromatic heterocycles. The Kier molecular flexibility index (Phi) is 3.58. The van der Waals surface area contributed by atoms with Crippen LogP contribution in [0.5, 0.6) is 5.75 Å². The molecule has 3 N–H and O–H groups in total. The maximum absolute atomic E-state index is 11.7. The number of aromatic hydroxyl groups is 1. The Morgan fingerprint density at radius 1 is 1.09 bits per heavy atom. The minimum atomic E-state index is -0.529. The number of nitrogens with two attached hydrogens (primary N) is 1. The standard InChI is InChI=1S/C18H14N2O2/c19-18(22)16(13-5-7-15(21)8-6-13)10-12-9-14-3-1-2-4-17(14)20-11-12/h1-11,21H,(H2,19,22)/b16-10+. The van der Waals surface area contributed by atoms with Gasteiger partial charge in [-0.3, -0.25) is 9.78 Å². The molecule has 0 aliphatic rings. The topological polar surface area (TPSA) is 76.2 Å². The molecule has 2 aromatic carbocycles. The zero-order valence-electron chi connectivity index (χ0n) is 11.7. The monoisotopic (exact) mass is 290 g/mol. The van der Waals surface area contributed by atoms with Gasteiger partial charge in [-0.1, -0.05) is 30.3 Å². The normalized spacial score (nSPS) is 11.5. The minimum absolute atomic E-state index is 0.139. The first-order valence-corrected chi connectivity index (χ1v) is 6.79. The average Bonchev–Trinajstić information content (AvgIpc) is 2.53. The third-order valence-electron chi connectivity index (χ3n) is 3.37. The summed E-state index contributed by atoms with van der Waals surface area (Å²) in [5.41, 5.74) is 8.19. The summed E-state index contributed by atoms with van der Waals surface area (Å²) >= 11 is 0. The van der Waals surface area contributed by atoms with Crippen LogP contribution in [0, 0.1) is 0 Å². The second-order valence-electron chi connectivity index (χ2n) is 4.93. The van der Waals surface area contributed by atoms with E-state index in [-0.39, 0.29) is 5.75 Å². The highest BCUT2D eigenvalue weighted by Crippen LogP contribution is 2.22. The molecule has 0 radical (unpaired) electrons. The van der Waals surface area contributed by atoms with Crippen molar-refractivity contribution < 1.29 is 9.90 Å². The molecule has 0 spiro atoms. The number of benzene rings is 2. The van der Waals surface area contributed by atoms with Gasteiger partial charge in [-0.15, -0.1) is 0 Å². The largest absolute Gasteiger partial charge is 0.508 e. The number of nitrogens with zero attached hydrogens (tertiary/aromatic N) is 1. The molecule has 22 heavy (non-hydrogen) atoms. The molecule has 1 amide bonds. The molecule has 4 heteroatoms. The van der Waals surface area contributed by atoms with Crippen molar-refractivity contribution in [1.82, 2.24) is 4.98 Å². The molecule has 0 aliphatic heterocycles. The van der Waals surface area contributed by atoms with Crippen molar-refractivity contribution >= 4 is 28.5 Å². The molecule has 3 aromatic rings. The second kappa shape index (κ2) is 5.69. The first-order chi connectivity index (χ1) is 10.6. The number of pyridine rings is 1. The van der Waals surface area contributed by atoms with Crippen LogP contribution in [0.2, 0.25) is 0 Å². The molecule has 0 saturated heterocycles. The van der Waals surface area contributed by atoms with Crippen molar-refractivity contribution in [3.63, 3.8) is 0 Å². The SMILES string of the molecule is NC(=O)/C(=C/c1cnc2ccccc2c1)c1ccc(O)cc1. The van der Waals surface area contributed by atoms with Gasteiger partial charge in [0.1, 0.15) is 5.75 Å². The number of phenols is 1. The van der Waals surface area contributed by atoms with E-state index < -0.39 is 5.91 Å². The van der Waals surface area contributed by atoms with E-state index in [1.165, 1.54) is 12.1 Å². The summed E-state index contributed by atoms with van der Waals surface area (Å²) in [7, 11) is 0. The summed E-state index contributed by atoms with van der Waals surface area (Å²) in [6, 6.07) is 16.0. The molecule has 1 heterocycles. The van der Waals surface area contributed by atoms with Gasteiger partial charge in [0.15, 0.2) is 0 Å². The van der Waals surface area contributed by atoms with Gasteiger partial charge in [-0.05, 0) is 41.5 Å². The number of hydrogen-bond donors (Lipinski definition) is 2. The lowest BCUT2D eigenvalue weighted by molar-refractivity contribution is -0.112. The Morgan fingerprint density at radius 2 is 1.82 bits per heavy atom. The molecule has 0 atom stereocenters. The van der Waals surface area contributed by atoms with E-state index in [4.69, 9.17) is 5.73 Å². The highest BCUT2D eigenvalue weighted by molar-refractivity contribution is 6.23. The number of carbonyl (C=O) groups is 1. The number of para-hydroxylation sites is 1. The number of amides is 1. The van der Waals surface area contributed by atoms with E-state index in [0.29, 0.717) is 11.1 Å². The molecule has 0 fully saturated rings. The molecular weight excluding hydrogens is 276 g/mol. The van der Waals surface area contributed by atoms with E-state index >= 15 is 0 Å². The lowest BCUT2D eigenvalue weighted by Gasteiger charge is -2.05. The third-order valence-corrected chi connectivity index (χ3v) is 3.37. The second-order valence-corrected chi connectivity index (χ2v) is 4.93. The predicted molar refractivity (Wildman–Crippen MR) is 86.9 cm³/mol. The van der Waals surface area contributed by atoms with Crippen LogP contribution in [0.4, 0.5) is 0 Å². The summed E-state index contributed by atoms with van der Waals surface area (Å²) in [6.07, 6.45) is 3.40. The quantitative estimate of drug-likeness (QED) is 0.728. The van der Waals surface area contributed by atoms with Crippen LogP contribution < -0.4 is 5.73 Å². The molecule has 3 rings (SSSR count). The average molecular weight is 290 g/mol. The van der Waals surface area contributed by atoms with Crippen molar-refractivity contribution in [2.75, 3.05) is 0 Å². The van der Waals surface area contributed by atoms with Crippen molar-refractivity contribution in [3.05, 3.63) is 71.9 Å². The summed E-state index contributed by atoms with van der Waals surface area (Å²) in [5, 5.41) is 10.3. The lowest BCUT2D eigenvalue weighted by atomic mass is 10.0. The first kappa shape index (κ1) is 13.8. The summed E-state index contributed by atoms with van der Waals surface area (Å²) in [5.74, 6) is -0.390. The number of primary amides is 1. The number of carbonyl (C=O) groups excluding carboxylic acids is 1. The third kappa shape index (κ3) is 2.81. The van der Waals surface area contributed by atoms with Crippen LogP contribution in [0.1, 0.15) is 11.1 Å². The Balaban J connectivity index is 2.08. The van der Waals surface area contributed by atoms with Crippen LogP contribution in [0.3, 0.4) is 0 Å². The van der Waals surface area contributed by atoms with Crippen LogP contribution in [0.25, 0.3) is 22.6 Å². The maximum Gasteiger partial charge on any atom is 0.249 e. The van der Waals surface area contributed by atoms with E-state index in [9.17, 15) is 9.90 Å². The Hall–Kier alpha value is -3.14. The van der Waals surface area contributed by atoms with Crippen LogP contribution >= 0.6 is 0 Å². The Bertz CT molecular complexity index is 868. The summed E-state index contributed by atoms with van der Waals surface area (Å²) in [4.78, 5) is 16.1. The molecule has 108 valence electrons. The van der Waals surface area contributed by atoms with Crippen LogP contribution in [-0.2, 0) is 4.79 Å². The van der Waals surface area contributed by atoms with E-state index in [1.807, 2.05) is 30.3 Å². The van der Waals surface area contributed by atoms with Gasteiger partial charge in [-0.2, -0.15) is 0 Å². The van der Waals surface area contributed by atoms with E-state index in [0.717, 1.165) is 16.5 Å². The van der Waals surface area contributed by atoms with E-state index in [2.05, 4.69) is 4.98 Å². The zero-order valence-corrected chi connectivity index (χ0v) is 11.7. The van der Waals surface area contributed by atoms with Gasteiger partial charge in [0.05, 0.1) is 5.52 Å². The highest BCUT2D eigenvalue weighted by atomic mass is 16.3. The number of fused-ring (bicyclic) bond motifs is 1. The van der Waals surface area contributed by atoms with Crippen molar-refractivity contribution in [3.8, 4) is 5.75 Å². The zero-order chi connectivity index (χ0) is 15.5. The predicted octanol–water partition coefficient (Wildman–Crippen LogP) is 2.97. The fourth-order valence-corrected chi connectivity index (χ4v) is 2.27. The van der Waals surface area contributed by atoms with Gasteiger partial charge in [0.2, 0.25) is 5.91 Å². The Labute approximate surface area is 127 Å². The van der Waals surface area contributed by atoms with Crippen LogP contribution in [0.15, 0.2) is 60.8 Å². The van der Waals surface area contributed by atoms with Crippen molar-refractivity contribution in [2.45, 2.75) is 0 Å². The van der Waals surface area contributed by atoms with Crippen LogP contribution in [-0.4, -0.2) is 16.0 Å². The minimum Gasteiger partial charge on any atom is -0.508 e. The summed E-state index contributed by atoms with van der Waals surface area (Å²) < 4.78 is 0. The van der Waals surface area contributed by atoms with Crippen molar-refractivity contribution in [1.29, 1.82) is 0 Å². The molecule has 0 bridgehead atoms. The number of hydrogen-bond acceptors (Lipinski definition) is 3. The van der Waals surface area contributed by atoms with Gasteiger partial charge >= 0.3 is 0 Å². The number of rotatable bonds is 3. The fraction of sp³-hybridized carbons (Fsp3) is 0. The molecular formula is C18H14N2O2. The van der Waals surface area contributed by atoms with Crippen molar-refractivity contribution in [2.24, 2.45) is 5.73 Å². The number of aromatic nitrogens is 1. The first-order valence-electron chi connectivity index (χ1n) is 6.79. The lowest BCUT2D eigenvalue weighted by Crippen LogP contribution is -2.12. The van der Waals surface area contributed by atoms with Gasteiger partial charge in [-0.25, -0.2) is 0 Å². The fourth-order valence-electron chi connectivity index (χ4n) is 2.27. The molecule has 0 unspecified atom stereocenters. The maximum atomic E-state index is 11.7. The number of phenolic OH excluding ortho intramolecular Hbond substituents is 1. The highest BCUT2D eigenvalue weighted by Gasteiger charge is 2.09.